The molecule has 0 aromatic carbocycles. The lowest BCUT2D eigenvalue weighted by atomic mass is 10.1. The molecule has 0 spiro atoms. The van der Waals surface area contributed by atoms with Gasteiger partial charge >= 0.3 is 6.09 Å². The second kappa shape index (κ2) is 4.29. The highest BCUT2D eigenvalue weighted by Gasteiger charge is 2.39. The van der Waals surface area contributed by atoms with Crippen LogP contribution in [-0.4, -0.2) is 58.7 Å². The lowest BCUT2D eigenvalue weighted by Gasteiger charge is -2.35. The van der Waals surface area contributed by atoms with E-state index in [0.717, 1.165) is 11.3 Å². The van der Waals surface area contributed by atoms with Gasteiger partial charge in [0, 0.05) is 38.6 Å². The van der Waals surface area contributed by atoms with E-state index in [1.807, 2.05) is 35.7 Å². The van der Waals surface area contributed by atoms with Gasteiger partial charge in [-0.15, -0.1) is 0 Å². The molecule has 2 amide bonds. The highest BCUT2D eigenvalue weighted by molar-refractivity contribution is 5.95. The number of aryl methyl sites for hydroxylation is 1. The molecule has 3 rings (SSSR count). The maximum absolute atomic E-state index is 12.5. The molecule has 6 heteroatoms. The van der Waals surface area contributed by atoms with E-state index in [9.17, 15) is 9.59 Å². The minimum absolute atomic E-state index is 0.00854. The summed E-state index contributed by atoms with van der Waals surface area (Å²) in [5, 5.41) is 0. The van der Waals surface area contributed by atoms with E-state index in [-0.39, 0.29) is 18.0 Å². The van der Waals surface area contributed by atoms with Crippen molar-refractivity contribution >= 4 is 12.0 Å². The SMILES string of the molecule is Cc1c(C(=O)N2CCN3C(=O)OC[C@@H]3C2)ccn1C. The summed E-state index contributed by atoms with van der Waals surface area (Å²) in [5.41, 5.74) is 1.70. The van der Waals surface area contributed by atoms with Crippen LogP contribution in [0.2, 0.25) is 0 Å². The number of carbonyl (C=O) groups is 2. The summed E-state index contributed by atoms with van der Waals surface area (Å²) < 4.78 is 6.94. The number of ether oxygens (including phenoxy) is 1. The average Bonchev–Trinajstić information content (AvgIpc) is 2.94. The topological polar surface area (TPSA) is 54.8 Å². The second-order valence-electron chi connectivity index (χ2n) is 5.10. The third-order valence-corrected chi connectivity index (χ3v) is 4.02. The number of amides is 2. The Hall–Kier alpha value is -1.98. The predicted molar refractivity (Wildman–Crippen MR) is 67.9 cm³/mol. The molecule has 0 unspecified atom stereocenters. The van der Waals surface area contributed by atoms with Crippen molar-refractivity contribution in [1.82, 2.24) is 14.4 Å². The summed E-state index contributed by atoms with van der Waals surface area (Å²) in [7, 11) is 1.92. The van der Waals surface area contributed by atoms with Gasteiger partial charge in [-0.3, -0.25) is 9.69 Å². The van der Waals surface area contributed by atoms with Crippen molar-refractivity contribution in [3.05, 3.63) is 23.5 Å². The third-order valence-electron chi connectivity index (χ3n) is 4.02. The Bertz CT molecular complexity index is 537. The normalized spacial score (nSPS) is 22.4. The van der Waals surface area contributed by atoms with Crippen LogP contribution in [0.1, 0.15) is 16.1 Å². The number of fused-ring (bicyclic) bond motifs is 1. The van der Waals surface area contributed by atoms with Crippen LogP contribution in [0.15, 0.2) is 12.3 Å². The lowest BCUT2D eigenvalue weighted by Crippen LogP contribution is -2.53. The van der Waals surface area contributed by atoms with Gasteiger partial charge in [0.15, 0.2) is 0 Å². The Kier molecular flexibility index (Phi) is 2.73. The zero-order valence-corrected chi connectivity index (χ0v) is 11.1. The van der Waals surface area contributed by atoms with Gasteiger partial charge in [-0.05, 0) is 13.0 Å². The molecule has 1 aromatic rings. The maximum Gasteiger partial charge on any atom is 0.410 e. The summed E-state index contributed by atoms with van der Waals surface area (Å²) in [5.74, 6) is 0.0390. The van der Waals surface area contributed by atoms with Crippen molar-refractivity contribution in [2.45, 2.75) is 13.0 Å². The van der Waals surface area contributed by atoms with Gasteiger partial charge in [0.1, 0.15) is 6.61 Å². The van der Waals surface area contributed by atoms with Crippen LogP contribution >= 0.6 is 0 Å². The summed E-state index contributed by atoms with van der Waals surface area (Å²) in [4.78, 5) is 27.4. The third kappa shape index (κ3) is 1.87. The van der Waals surface area contributed by atoms with Crippen molar-refractivity contribution in [1.29, 1.82) is 0 Å². The van der Waals surface area contributed by atoms with Crippen LogP contribution in [0, 0.1) is 6.92 Å². The van der Waals surface area contributed by atoms with E-state index in [0.29, 0.717) is 26.2 Å². The predicted octanol–water partition coefficient (Wildman–Crippen LogP) is 0.610. The molecule has 19 heavy (non-hydrogen) atoms. The van der Waals surface area contributed by atoms with Crippen LogP contribution in [0.4, 0.5) is 4.79 Å². The van der Waals surface area contributed by atoms with E-state index >= 15 is 0 Å². The molecule has 2 fully saturated rings. The maximum atomic E-state index is 12.5. The van der Waals surface area contributed by atoms with E-state index in [2.05, 4.69) is 0 Å². The minimum Gasteiger partial charge on any atom is -0.447 e. The van der Waals surface area contributed by atoms with Gasteiger partial charge in [-0.25, -0.2) is 4.79 Å². The molecular formula is C13H17N3O3. The first-order valence-electron chi connectivity index (χ1n) is 6.42. The van der Waals surface area contributed by atoms with E-state index in [4.69, 9.17) is 4.74 Å². The van der Waals surface area contributed by atoms with Crippen LogP contribution in [0.5, 0.6) is 0 Å². The molecule has 102 valence electrons. The molecule has 0 bridgehead atoms. The largest absolute Gasteiger partial charge is 0.447 e. The van der Waals surface area contributed by atoms with Gasteiger partial charge in [0.05, 0.1) is 11.6 Å². The highest BCUT2D eigenvalue weighted by Crippen LogP contribution is 2.20. The Morgan fingerprint density at radius 1 is 1.42 bits per heavy atom. The fourth-order valence-electron chi connectivity index (χ4n) is 2.68. The van der Waals surface area contributed by atoms with Crippen LogP contribution in [-0.2, 0) is 11.8 Å². The summed E-state index contributed by atoms with van der Waals surface area (Å²) in [6.45, 7) is 4.00. The van der Waals surface area contributed by atoms with Crippen LogP contribution < -0.4 is 0 Å². The van der Waals surface area contributed by atoms with Crippen LogP contribution in [0.25, 0.3) is 0 Å². The average molecular weight is 263 g/mol. The molecule has 2 aliphatic rings. The molecule has 0 N–H and O–H groups in total. The molecule has 6 nitrogen and oxygen atoms in total. The number of hydrogen-bond donors (Lipinski definition) is 0. The molecule has 0 aliphatic carbocycles. The smallest absolute Gasteiger partial charge is 0.410 e. The number of piperazine rings is 1. The Morgan fingerprint density at radius 3 is 2.89 bits per heavy atom. The molecule has 1 aromatic heterocycles. The van der Waals surface area contributed by atoms with E-state index in [1.54, 1.807) is 4.90 Å². The number of nitrogens with zero attached hydrogens (tertiary/aromatic N) is 3. The van der Waals surface area contributed by atoms with Crippen molar-refractivity contribution in [2.24, 2.45) is 7.05 Å². The number of hydrogen-bond acceptors (Lipinski definition) is 3. The van der Waals surface area contributed by atoms with Gasteiger partial charge in [0.25, 0.3) is 5.91 Å². The Morgan fingerprint density at radius 2 is 2.21 bits per heavy atom. The fraction of sp³-hybridized carbons (Fsp3) is 0.538. The molecule has 2 aliphatic heterocycles. The van der Waals surface area contributed by atoms with Gasteiger partial charge in [0.2, 0.25) is 0 Å². The number of rotatable bonds is 1. The molecule has 1 atom stereocenters. The van der Waals surface area contributed by atoms with Gasteiger partial charge < -0.3 is 14.2 Å². The van der Waals surface area contributed by atoms with Crippen molar-refractivity contribution in [2.75, 3.05) is 26.2 Å². The summed E-state index contributed by atoms with van der Waals surface area (Å²) >= 11 is 0. The molecule has 2 saturated heterocycles. The zero-order chi connectivity index (χ0) is 13.6. The molecule has 0 radical (unpaired) electrons. The fourth-order valence-corrected chi connectivity index (χ4v) is 2.68. The Labute approximate surface area is 111 Å². The van der Waals surface area contributed by atoms with Crippen molar-refractivity contribution in [3.63, 3.8) is 0 Å². The van der Waals surface area contributed by atoms with Gasteiger partial charge in [-0.1, -0.05) is 0 Å². The first-order valence-corrected chi connectivity index (χ1v) is 6.42. The summed E-state index contributed by atoms with van der Waals surface area (Å²) in [6.07, 6.45) is 1.63. The number of carbonyl (C=O) groups excluding carboxylic acids is 2. The zero-order valence-electron chi connectivity index (χ0n) is 11.1. The second-order valence-corrected chi connectivity index (χ2v) is 5.10. The first-order chi connectivity index (χ1) is 9.08. The van der Waals surface area contributed by atoms with Gasteiger partial charge in [-0.2, -0.15) is 0 Å². The standard InChI is InChI=1S/C13H17N3O3/c1-9-11(3-4-14(9)2)12(17)15-5-6-16-10(7-15)8-19-13(16)18/h3-4,10H,5-8H2,1-2H3/t10-/m0/s1. The number of aromatic nitrogens is 1. The molecular weight excluding hydrogens is 246 g/mol. The van der Waals surface area contributed by atoms with Crippen molar-refractivity contribution in [3.8, 4) is 0 Å². The first kappa shape index (κ1) is 12.1. The van der Waals surface area contributed by atoms with Crippen molar-refractivity contribution < 1.29 is 14.3 Å². The minimum atomic E-state index is -0.256. The molecule has 0 saturated carbocycles. The van der Waals surface area contributed by atoms with E-state index < -0.39 is 0 Å². The van der Waals surface area contributed by atoms with E-state index in [1.165, 1.54) is 0 Å². The lowest BCUT2D eigenvalue weighted by molar-refractivity contribution is 0.0616. The Balaban J connectivity index is 1.75. The monoisotopic (exact) mass is 263 g/mol. The van der Waals surface area contributed by atoms with Crippen LogP contribution in [0.3, 0.4) is 0 Å². The quantitative estimate of drug-likeness (QED) is 0.746. The summed E-state index contributed by atoms with van der Waals surface area (Å²) in [6, 6.07) is 1.86. The molecule has 3 heterocycles. The number of cyclic esters (lactones) is 1. The highest BCUT2D eigenvalue weighted by atomic mass is 16.6.